The van der Waals surface area contributed by atoms with Crippen LogP contribution in [0.15, 0.2) is 24.3 Å². The fraction of sp³-hybridized carbons (Fsp3) is 0.471. The smallest absolute Gasteiger partial charge is 0.325 e. The molecule has 1 saturated heterocycles. The molecule has 1 aromatic rings. The second kappa shape index (κ2) is 6.40. The third kappa shape index (κ3) is 3.21. The molecule has 0 radical (unpaired) electrons. The van der Waals surface area contributed by atoms with Gasteiger partial charge in [-0.15, -0.1) is 0 Å². The van der Waals surface area contributed by atoms with Crippen LogP contribution < -0.4 is 5.32 Å². The first kappa shape index (κ1) is 17.0. The van der Waals surface area contributed by atoms with E-state index in [2.05, 4.69) is 12.2 Å². The molecule has 1 fully saturated rings. The molecular formula is C17H23N3O3. The predicted molar refractivity (Wildman–Crippen MR) is 86.7 cm³/mol. The van der Waals surface area contributed by atoms with E-state index >= 15 is 0 Å². The van der Waals surface area contributed by atoms with Gasteiger partial charge in [0.1, 0.15) is 12.1 Å². The van der Waals surface area contributed by atoms with Crippen LogP contribution in [0.2, 0.25) is 0 Å². The third-order valence-corrected chi connectivity index (χ3v) is 4.14. The monoisotopic (exact) mass is 317 g/mol. The Balaban J connectivity index is 2.23. The van der Waals surface area contributed by atoms with Gasteiger partial charge in [-0.05, 0) is 24.5 Å². The van der Waals surface area contributed by atoms with Crippen molar-refractivity contribution in [1.82, 2.24) is 15.1 Å². The van der Waals surface area contributed by atoms with Crippen molar-refractivity contribution in [3.63, 3.8) is 0 Å². The number of carbonyl (C=O) groups is 3. The molecule has 0 aliphatic carbocycles. The fourth-order valence-electron chi connectivity index (χ4n) is 2.61. The molecule has 4 amide bonds. The highest BCUT2D eigenvalue weighted by Gasteiger charge is 2.49. The van der Waals surface area contributed by atoms with Gasteiger partial charge in [0, 0.05) is 14.1 Å². The highest BCUT2D eigenvalue weighted by Crippen LogP contribution is 2.29. The van der Waals surface area contributed by atoms with E-state index in [1.165, 1.54) is 10.5 Å². The van der Waals surface area contributed by atoms with Crippen molar-refractivity contribution in [3.8, 4) is 0 Å². The van der Waals surface area contributed by atoms with E-state index in [4.69, 9.17) is 0 Å². The number of amides is 4. The van der Waals surface area contributed by atoms with Gasteiger partial charge in [-0.2, -0.15) is 0 Å². The maximum atomic E-state index is 12.7. The van der Waals surface area contributed by atoms with Gasteiger partial charge in [0.2, 0.25) is 5.91 Å². The Labute approximate surface area is 136 Å². The first-order chi connectivity index (χ1) is 10.8. The number of hydrogen-bond acceptors (Lipinski definition) is 3. The lowest BCUT2D eigenvalue weighted by Crippen LogP contribution is -2.43. The van der Waals surface area contributed by atoms with Crippen LogP contribution in [0.25, 0.3) is 0 Å². The summed E-state index contributed by atoms with van der Waals surface area (Å²) in [5, 5.41) is 2.71. The Morgan fingerprint density at radius 3 is 2.35 bits per heavy atom. The zero-order valence-electron chi connectivity index (χ0n) is 14.0. The molecule has 1 atom stereocenters. The summed E-state index contributed by atoms with van der Waals surface area (Å²) in [4.78, 5) is 38.9. The number of nitrogens with one attached hydrogen (secondary N) is 1. The summed E-state index contributed by atoms with van der Waals surface area (Å²) in [6.07, 6.45) is 2.02. The summed E-state index contributed by atoms with van der Waals surface area (Å²) in [5.74, 6) is -0.697. The number of likely N-dealkylation sites (N-methyl/N-ethyl adjacent to an activating group) is 1. The quantitative estimate of drug-likeness (QED) is 0.837. The zero-order valence-corrected chi connectivity index (χ0v) is 14.0. The summed E-state index contributed by atoms with van der Waals surface area (Å²) in [6.45, 7) is 3.53. The highest BCUT2D eigenvalue weighted by atomic mass is 16.2. The Bertz CT molecular complexity index is 624. The molecule has 0 spiro atoms. The average Bonchev–Trinajstić information content (AvgIpc) is 2.72. The molecule has 1 heterocycles. The molecule has 6 heteroatoms. The van der Waals surface area contributed by atoms with Gasteiger partial charge in [0.15, 0.2) is 0 Å². The minimum absolute atomic E-state index is 0.249. The molecule has 0 saturated carbocycles. The third-order valence-electron chi connectivity index (χ3n) is 4.14. The van der Waals surface area contributed by atoms with Gasteiger partial charge in [0.25, 0.3) is 5.91 Å². The van der Waals surface area contributed by atoms with Gasteiger partial charge in [-0.3, -0.25) is 14.5 Å². The van der Waals surface area contributed by atoms with Gasteiger partial charge in [0.05, 0.1) is 0 Å². The van der Waals surface area contributed by atoms with Gasteiger partial charge in [-0.25, -0.2) is 4.79 Å². The van der Waals surface area contributed by atoms with Crippen LogP contribution in [0.4, 0.5) is 4.79 Å². The highest BCUT2D eigenvalue weighted by molar-refractivity contribution is 6.09. The van der Waals surface area contributed by atoms with Crippen molar-refractivity contribution in [2.24, 2.45) is 0 Å². The molecular weight excluding hydrogens is 294 g/mol. The summed E-state index contributed by atoms with van der Waals surface area (Å²) < 4.78 is 0. The molecule has 0 bridgehead atoms. The van der Waals surface area contributed by atoms with E-state index in [1.807, 2.05) is 24.3 Å². The zero-order chi connectivity index (χ0) is 17.2. The fourth-order valence-corrected chi connectivity index (χ4v) is 2.61. The molecule has 6 nitrogen and oxygen atoms in total. The van der Waals surface area contributed by atoms with Crippen LogP contribution in [0.5, 0.6) is 0 Å². The maximum Gasteiger partial charge on any atom is 0.325 e. The van der Waals surface area contributed by atoms with Crippen molar-refractivity contribution in [2.75, 3.05) is 20.6 Å². The lowest BCUT2D eigenvalue weighted by Gasteiger charge is -2.22. The minimum Gasteiger partial charge on any atom is -0.347 e. The molecule has 2 rings (SSSR count). The van der Waals surface area contributed by atoms with Crippen molar-refractivity contribution in [3.05, 3.63) is 35.4 Å². The Kier molecular flexibility index (Phi) is 4.73. The van der Waals surface area contributed by atoms with Crippen molar-refractivity contribution < 1.29 is 14.4 Å². The van der Waals surface area contributed by atoms with Crippen LogP contribution in [-0.2, 0) is 21.5 Å². The van der Waals surface area contributed by atoms with Crippen LogP contribution in [0, 0.1) is 0 Å². The summed E-state index contributed by atoms with van der Waals surface area (Å²) in [6, 6.07) is 7.13. The Hall–Kier alpha value is -2.37. The van der Waals surface area contributed by atoms with Crippen LogP contribution in [-0.4, -0.2) is 48.3 Å². The molecule has 1 aliphatic rings. The number of aryl methyl sites for hydroxylation is 1. The molecule has 0 aromatic heterocycles. The maximum absolute atomic E-state index is 12.7. The van der Waals surface area contributed by atoms with Crippen molar-refractivity contribution in [1.29, 1.82) is 0 Å². The largest absolute Gasteiger partial charge is 0.347 e. The molecule has 23 heavy (non-hydrogen) atoms. The summed E-state index contributed by atoms with van der Waals surface area (Å²) >= 11 is 0. The number of hydrogen-bond donors (Lipinski definition) is 1. The number of rotatable bonds is 5. The van der Waals surface area contributed by atoms with Gasteiger partial charge in [-0.1, -0.05) is 37.6 Å². The Morgan fingerprint density at radius 1 is 1.22 bits per heavy atom. The van der Waals surface area contributed by atoms with Crippen LogP contribution in [0.1, 0.15) is 31.4 Å². The van der Waals surface area contributed by atoms with Gasteiger partial charge < -0.3 is 10.2 Å². The second-order valence-electron chi connectivity index (χ2n) is 6.18. The lowest BCUT2D eigenvalue weighted by atomic mass is 9.91. The standard InChI is InChI=1S/C17H23N3O3/c1-5-6-12-7-9-13(10-8-12)17(2)15(22)20(16(23)18-17)11-14(21)19(3)4/h7-10H,5-6,11H2,1-4H3,(H,18,23)/t17-/m1/s1. The second-order valence-corrected chi connectivity index (χ2v) is 6.18. The lowest BCUT2D eigenvalue weighted by molar-refractivity contribution is -0.137. The van der Waals surface area contributed by atoms with E-state index in [1.54, 1.807) is 21.0 Å². The number of benzene rings is 1. The first-order valence-corrected chi connectivity index (χ1v) is 7.73. The molecule has 1 aliphatic heterocycles. The molecule has 1 N–H and O–H groups in total. The van der Waals surface area contributed by atoms with E-state index in [9.17, 15) is 14.4 Å². The topological polar surface area (TPSA) is 69.7 Å². The van der Waals surface area contributed by atoms with Crippen LogP contribution >= 0.6 is 0 Å². The van der Waals surface area contributed by atoms with Crippen molar-refractivity contribution in [2.45, 2.75) is 32.2 Å². The van der Waals surface area contributed by atoms with E-state index in [0.29, 0.717) is 0 Å². The first-order valence-electron chi connectivity index (χ1n) is 7.73. The van der Waals surface area contributed by atoms with E-state index < -0.39 is 17.5 Å². The summed E-state index contributed by atoms with van der Waals surface area (Å²) in [5.41, 5.74) is 0.779. The molecule has 124 valence electrons. The number of urea groups is 1. The molecule has 1 aromatic carbocycles. The Morgan fingerprint density at radius 2 is 1.83 bits per heavy atom. The molecule has 0 unspecified atom stereocenters. The summed E-state index contributed by atoms with van der Waals surface area (Å²) in [7, 11) is 3.18. The minimum atomic E-state index is -1.13. The van der Waals surface area contributed by atoms with E-state index in [-0.39, 0.29) is 12.5 Å². The predicted octanol–water partition coefficient (Wildman–Crippen LogP) is 1.49. The van der Waals surface area contributed by atoms with Gasteiger partial charge >= 0.3 is 6.03 Å². The van der Waals surface area contributed by atoms with Crippen molar-refractivity contribution >= 4 is 17.8 Å². The van der Waals surface area contributed by atoms with Crippen LogP contribution in [0.3, 0.4) is 0 Å². The number of imide groups is 1. The number of nitrogens with zero attached hydrogens (tertiary/aromatic N) is 2. The normalized spacial score (nSPS) is 20.6. The van der Waals surface area contributed by atoms with E-state index in [0.717, 1.165) is 23.3 Å². The SMILES string of the molecule is CCCc1ccc([C@@]2(C)NC(=O)N(CC(=O)N(C)C)C2=O)cc1. The number of carbonyl (C=O) groups excluding carboxylic acids is 3. The average molecular weight is 317 g/mol.